The highest BCUT2D eigenvalue weighted by Gasteiger charge is 2.32. The molecule has 1 N–H and O–H groups in total. The van der Waals surface area contributed by atoms with E-state index in [9.17, 15) is 17.2 Å². The van der Waals surface area contributed by atoms with Gasteiger partial charge in [-0.3, -0.25) is 4.72 Å². The van der Waals surface area contributed by atoms with E-state index in [-0.39, 0.29) is 5.75 Å². The third kappa shape index (κ3) is 4.84. The molecule has 3 aromatic rings. The van der Waals surface area contributed by atoms with Gasteiger partial charge in [0.05, 0.1) is 25.0 Å². The largest absolute Gasteiger partial charge is 0.493 e. The second-order valence-corrected chi connectivity index (χ2v) is 10.4. The van der Waals surface area contributed by atoms with Gasteiger partial charge in [0.25, 0.3) is 0 Å². The van der Waals surface area contributed by atoms with Crippen molar-refractivity contribution in [3.05, 3.63) is 65.7 Å². The van der Waals surface area contributed by atoms with Crippen LogP contribution in [0.25, 0.3) is 11.1 Å². The average molecular weight is 506 g/mol. The standard InChI is InChI=1S/C25H25F2NO6S/c1-14(2)35(29,30)28-16-9-10-17-18(13-16)24(15-8-11-19(31-3)22(12-15)32-4)33-20-6-5-7-21(23(17)20)34-25(26)27/h5-14,24-25,28H,1-4H3. The van der Waals surface area contributed by atoms with E-state index in [0.29, 0.717) is 45.2 Å². The molecule has 0 aromatic heterocycles. The van der Waals surface area contributed by atoms with Crippen LogP contribution in [-0.2, 0) is 10.0 Å². The molecule has 1 atom stereocenters. The van der Waals surface area contributed by atoms with Crippen LogP contribution in [0.2, 0.25) is 0 Å². The molecule has 0 spiro atoms. The Labute approximate surface area is 202 Å². The maximum Gasteiger partial charge on any atom is 0.387 e. The summed E-state index contributed by atoms with van der Waals surface area (Å²) >= 11 is 0. The van der Waals surface area contributed by atoms with Crippen LogP contribution >= 0.6 is 0 Å². The summed E-state index contributed by atoms with van der Waals surface area (Å²) in [5.41, 5.74) is 2.52. The Hall–Kier alpha value is -3.53. The Morgan fingerprint density at radius 1 is 0.943 bits per heavy atom. The number of anilines is 1. The monoisotopic (exact) mass is 505 g/mol. The van der Waals surface area contributed by atoms with Crippen LogP contribution in [0.3, 0.4) is 0 Å². The van der Waals surface area contributed by atoms with Crippen molar-refractivity contribution in [3.63, 3.8) is 0 Å². The molecule has 10 heteroatoms. The van der Waals surface area contributed by atoms with Gasteiger partial charge in [0.2, 0.25) is 10.0 Å². The van der Waals surface area contributed by atoms with E-state index in [1.165, 1.54) is 20.3 Å². The van der Waals surface area contributed by atoms with Crippen molar-refractivity contribution in [3.8, 4) is 34.1 Å². The van der Waals surface area contributed by atoms with E-state index in [2.05, 4.69) is 4.72 Å². The minimum atomic E-state index is -3.62. The number of benzene rings is 3. The zero-order valence-electron chi connectivity index (χ0n) is 19.5. The molecule has 0 aliphatic carbocycles. The summed E-state index contributed by atoms with van der Waals surface area (Å²) in [6.07, 6.45) is -0.692. The molecule has 7 nitrogen and oxygen atoms in total. The first-order valence-corrected chi connectivity index (χ1v) is 12.3. The Kier molecular flexibility index (Phi) is 6.75. The summed E-state index contributed by atoms with van der Waals surface area (Å²) in [5.74, 6) is 1.32. The van der Waals surface area contributed by atoms with Crippen LogP contribution in [0, 0.1) is 0 Å². The summed E-state index contributed by atoms with van der Waals surface area (Å²) in [6.45, 7) is 0.117. The molecule has 3 aromatic carbocycles. The van der Waals surface area contributed by atoms with Gasteiger partial charge in [-0.2, -0.15) is 8.78 Å². The molecule has 0 saturated carbocycles. The van der Waals surface area contributed by atoms with Crippen LogP contribution in [0.4, 0.5) is 14.5 Å². The van der Waals surface area contributed by atoms with Gasteiger partial charge in [0.15, 0.2) is 11.5 Å². The van der Waals surface area contributed by atoms with Crippen LogP contribution in [0.5, 0.6) is 23.0 Å². The molecular formula is C25H25F2NO6S. The number of halogens is 2. The number of methoxy groups -OCH3 is 2. The van der Waals surface area contributed by atoms with Gasteiger partial charge in [0, 0.05) is 16.8 Å². The van der Waals surface area contributed by atoms with Crippen molar-refractivity contribution in [2.75, 3.05) is 18.9 Å². The fourth-order valence-electron chi connectivity index (χ4n) is 3.88. The molecule has 1 aliphatic heterocycles. The minimum Gasteiger partial charge on any atom is -0.493 e. The second-order valence-electron chi connectivity index (χ2n) is 8.12. The number of sulfonamides is 1. The van der Waals surface area contributed by atoms with Gasteiger partial charge < -0.3 is 18.9 Å². The topological polar surface area (TPSA) is 83.1 Å². The van der Waals surface area contributed by atoms with Crippen LogP contribution in [-0.4, -0.2) is 34.5 Å². The number of ether oxygens (including phenoxy) is 4. The smallest absolute Gasteiger partial charge is 0.387 e. The second kappa shape index (κ2) is 9.61. The molecule has 1 heterocycles. The number of nitrogens with one attached hydrogen (secondary N) is 1. The van der Waals surface area contributed by atoms with Gasteiger partial charge in [-0.25, -0.2) is 8.42 Å². The SMILES string of the molecule is COc1ccc(C2Oc3cccc(OC(F)F)c3-c3ccc(NS(=O)(=O)C(C)C)cc32)cc1OC. The summed E-state index contributed by atoms with van der Waals surface area (Å²) in [4.78, 5) is 0. The zero-order chi connectivity index (χ0) is 25.3. The summed E-state index contributed by atoms with van der Waals surface area (Å²) < 4.78 is 75.5. The summed E-state index contributed by atoms with van der Waals surface area (Å²) in [7, 11) is -0.576. The normalized spacial score (nSPS) is 14.7. The Balaban J connectivity index is 1.90. The van der Waals surface area contributed by atoms with E-state index in [1.807, 2.05) is 0 Å². The Morgan fingerprint density at radius 2 is 1.69 bits per heavy atom. The lowest BCUT2D eigenvalue weighted by molar-refractivity contribution is -0.0496. The molecule has 35 heavy (non-hydrogen) atoms. The predicted molar refractivity (Wildman–Crippen MR) is 128 cm³/mol. The van der Waals surface area contributed by atoms with Crippen molar-refractivity contribution in [2.45, 2.75) is 31.8 Å². The van der Waals surface area contributed by atoms with Crippen LogP contribution in [0.15, 0.2) is 54.6 Å². The molecule has 0 fully saturated rings. The molecule has 186 valence electrons. The predicted octanol–water partition coefficient (Wildman–Crippen LogP) is 5.60. The lowest BCUT2D eigenvalue weighted by Gasteiger charge is -2.31. The van der Waals surface area contributed by atoms with Gasteiger partial charge in [-0.05, 0) is 55.8 Å². The highest BCUT2D eigenvalue weighted by Crippen LogP contribution is 2.50. The summed E-state index contributed by atoms with van der Waals surface area (Å²) in [5, 5.41) is -0.650. The van der Waals surface area contributed by atoms with Gasteiger partial charge in [0.1, 0.15) is 17.6 Å². The minimum absolute atomic E-state index is 0.0416. The maximum atomic E-state index is 13.1. The molecule has 1 unspecified atom stereocenters. The molecule has 0 saturated heterocycles. The fraction of sp³-hybridized carbons (Fsp3) is 0.280. The van der Waals surface area contributed by atoms with E-state index in [4.69, 9.17) is 18.9 Å². The third-order valence-corrected chi connectivity index (χ3v) is 7.40. The van der Waals surface area contributed by atoms with Gasteiger partial charge >= 0.3 is 6.61 Å². The lowest BCUT2D eigenvalue weighted by atomic mass is 9.88. The first-order chi connectivity index (χ1) is 16.6. The van der Waals surface area contributed by atoms with E-state index in [0.717, 1.165) is 0 Å². The van der Waals surface area contributed by atoms with Crippen molar-refractivity contribution in [1.29, 1.82) is 0 Å². The van der Waals surface area contributed by atoms with Crippen LogP contribution < -0.4 is 23.7 Å². The molecule has 0 amide bonds. The number of fused-ring (bicyclic) bond motifs is 3. The van der Waals surface area contributed by atoms with Crippen molar-refractivity contribution >= 4 is 15.7 Å². The van der Waals surface area contributed by atoms with Crippen molar-refractivity contribution in [2.24, 2.45) is 0 Å². The van der Waals surface area contributed by atoms with Crippen molar-refractivity contribution < 1.29 is 36.1 Å². The molecule has 0 radical (unpaired) electrons. The maximum absolute atomic E-state index is 13.1. The number of rotatable bonds is 8. The number of hydrogen-bond donors (Lipinski definition) is 1. The number of hydrogen-bond acceptors (Lipinski definition) is 6. The highest BCUT2D eigenvalue weighted by molar-refractivity contribution is 7.93. The average Bonchev–Trinajstić information content (AvgIpc) is 2.82. The van der Waals surface area contributed by atoms with Gasteiger partial charge in [-0.15, -0.1) is 0 Å². The molecule has 1 aliphatic rings. The van der Waals surface area contributed by atoms with Crippen molar-refractivity contribution in [1.82, 2.24) is 0 Å². The quantitative estimate of drug-likeness (QED) is 0.429. The molecule has 4 rings (SSSR count). The highest BCUT2D eigenvalue weighted by atomic mass is 32.2. The number of alkyl halides is 2. The zero-order valence-corrected chi connectivity index (χ0v) is 20.4. The Morgan fingerprint density at radius 3 is 2.34 bits per heavy atom. The third-order valence-electron chi connectivity index (χ3n) is 5.64. The van der Waals surface area contributed by atoms with E-state index < -0.39 is 28.0 Å². The van der Waals surface area contributed by atoms with E-state index in [1.54, 1.807) is 62.4 Å². The molecular weight excluding hydrogens is 480 g/mol. The molecule has 0 bridgehead atoms. The van der Waals surface area contributed by atoms with E-state index >= 15 is 0 Å². The summed E-state index contributed by atoms with van der Waals surface area (Å²) in [6, 6.07) is 14.8. The fourth-order valence-corrected chi connectivity index (χ4v) is 4.57. The first-order valence-electron chi connectivity index (χ1n) is 10.8. The van der Waals surface area contributed by atoms with Gasteiger partial charge in [-0.1, -0.05) is 18.2 Å². The first kappa shape index (κ1) is 24.6. The lowest BCUT2D eigenvalue weighted by Crippen LogP contribution is -2.23. The Bertz CT molecular complexity index is 1340. The van der Waals surface area contributed by atoms with Crippen LogP contribution in [0.1, 0.15) is 31.1 Å².